The lowest BCUT2D eigenvalue weighted by atomic mass is 10.0. The van der Waals surface area contributed by atoms with Gasteiger partial charge < -0.3 is 16.4 Å². The van der Waals surface area contributed by atoms with Gasteiger partial charge in [-0.1, -0.05) is 19.9 Å². The van der Waals surface area contributed by atoms with Crippen molar-refractivity contribution in [3.63, 3.8) is 0 Å². The maximum absolute atomic E-state index is 11.8. The molecule has 0 spiro atoms. The average molecular weight is 312 g/mol. The number of benzene rings is 1. The largest absolute Gasteiger partial charge is 0.349 e. The molecule has 0 bridgehead atoms. The summed E-state index contributed by atoms with van der Waals surface area (Å²) in [5, 5.41) is 5.40. The highest BCUT2D eigenvalue weighted by Crippen LogP contribution is 2.11. The van der Waals surface area contributed by atoms with Crippen molar-refractivity contribution in [3.8, 4) is 0 Å². The summed E-state index contributed by atoms with van der Waals surface area (Å²) in [4.78, 5) is 23.5. The van der Waals surface area contributed by atoms with E-state index in [4.69, 9.17) is 5.73 Å². The Labute approximate surface area is 131 Å². The van der Waals surface area contributed by atoms with E-state index in [-0.39, 0.29) is 30.1 Å². The highest BCUT2D eigenvalue weighted by atomic mass is 35.5. The second-order valence-corrected chi connectivity index (χ2v) is 4.84. The molecular formula is C15H22ClN3O2. The molecule has 0 aliphatic carbocycles. The molecule has 0 aliphatic heterocycles. The molecule has 2 amide bonds. The Balaban J connectivity index is 0.00000400. The Hall–Kier alpha value is -1.85. The molecule has 0 saturated heterocycles. The van der Waals surface area contributed by atoms with Gasteiger partial charge in [0, 0.05) is 17.8 Å². The Bertz CT molecular complexity index is 486. The molecule has 4 N–H and O–H groups in total. The van der Waals surface area contributed by atoms with E-state index < -0.39 is 6.04 Å². The second kappa shape index (κ2) is 9.15. The van der Waals surface area contributed by atoms with Crippen molar-refractivity contribution < 1.29 is 9.59 Å². The molecule has 1 aromatic rings. The first kappa shape index (κ1) is 19.1. The fourth-order valence-electron chi connectivity index (χ4n) is 1.50. The zero-order chi connectivity index (χ0) is 15.1. The van der Waals surface area contributed by atoms with Crippen molar-refractivity contribution in [1.82, 2.24) is 5.32 Å². The van der Waals surface area contributed by atoms with Gasteiger partial charge in [0.05, 0.1) is 6.04 Å². The third kappa shape index (κ3) is 5.97. The minimum atomic E-state index is -0.550. The Morgan fingerprint density at radius 3 is 2.33 bits per heavy atom. The van der Waals surface area contributed by atoms with Crippen LogP contribution < -0.4 is 16.4 Å². The van der Waals surface area contributed by atoms with Crippen molar-refractivity contribution in [2.45, 2.75) is 19.9 Å². The monoisotopic (exact) mass is 311 g/mol. The molecule has 0 radical (unpaired) electrons. The van der Waals surface area contributed by atoms with Gasteiger partial charge in [0.2, 0.25) is 5.91 Å². The van der Waals surface area contributed by atoms with Gasteiger partial charge in [0.25, 0.3) is 5.91 Å². The third-order valence-corrected chi connectivity index (χ3v) is 2.84. The first-order chi connectivity index (χ1) is 9.45. The van der Waals surface area contributed by atoms with E-state index in [1.54, 1.807) is 30.3 Å². The zero-order valence-corrected chi connectivity index (χ0v) is 13.1. The fourth-order valence-corrected chi connectivity index (χ4v) is 1.50. The van der Waals surface area contributed by atoms with E-state index in [1.807, 2.05) is 13.8 Å². The van der Waals surface area contributed by atoms with Crippen molar-refractivity contribution >= 4 is 29.9 Å². The van der Waals surface area contributed by atoms with Crippen molar-refractivity contribution in [1.29, 1.82) is 0 Å². The number of hydrogen-bond donors (Lipinski definition) is 3. The lowest BCUT2D eigenvalue weighted by molar-refractivity contribution is -0.118. The summed E-state index contributed by atoms with van der Waals surface area (Å²) in [6.45, 7) is 7.72. The molecule has 5 nitrogen and oxygen atoms in total. The standard InChI is InChI=1S/C15H21N3O2.ClH/c1-4-9-17-14(19)11-5-7-12(8-6-11)18-15(20)13(16)10(2)3;/h4-8,10,13H,1,9,16H2,2-3H3,(H,17,19)(H,18,20);1H/t13-;/m0./s1. The predicted octanol–water partition coefficient (Wildman–Crippen LogP) is 1.95. The summed E-state index contributed by atoms with van der Waals surface area (Å²) in [7, 11) is 0. The summed E-state index contributed by atoms with van der Waals surface area (Å²) < 4.78 is 0. The Kier molecular flexibility index (Phi) is 8.35. The summed E-state index contributed by atoms with van der Waals surface area (Å²) in [6, 6.07) is 6.09. The van der Waals surface area contributed by atoms with Crippen LogP contribution in [0.4, 0.5) is 5.69 Å². The number of nitrogens with two attached hydrogens (primary N) is 1. The lowest BCUT2D eigenvalue weighted by Gasteiger charge is -2.15. The van der Waals surface area contributed by atoms with Gasteiger partial charge in [-0.25, -0.2) is 0 Å². The van der Waals surface area contributed by atoms with Crippen LogP contribution in [-0.2, 0) is 4.79 Å². The van der Waals surface area contributed by atoms with Crippen LogP contribution in [0.5, 0.6) is 0 Å². The first-order valence-electron chi connectivity index (χ1n) is 6.51. The first-order valence-corrected chi connectivity index (χ1v) is 6.51. The normalized spacial score (nSPS) is 11.2. The molecule has 1 aromatic carbocycles. The van der Waals surface area contributed by atoms with E-state index in [0.717, 1.165) is 0 Å². The van der Waals surface area contributed by atoms with Crippen LogP contribution in [0.2, 0.25) is 0 Å². The van der Waals surface area contributed by atoms with Crippen LogP contribution in [0.25, 0.3) is 0 Å². The number of nitrogens with one attached hydrogen (secondary N) is 2. The van der Waals surface area contributed by atoms with Crippen LogP contribution in [0.1, 0.15) is 24.2 Å². The number of carbonyl (C=O) groups excluding carboxylic acids is 2. The molecule has 1 rings (SSSR count). The van der Waals surface area contributed by atoms with Crippen molar-refractivity contribution in [2.75, 3.05) is 11.9 Å². The Morgan fingerprint density at radius 1 is 1.29 bits per heavy atom. The van der Waals surface area contributed by atoms with Gasteiger partial charge in [-0.3, -0.25) is 9.59 Å². The molecular weight excluding hydrogens is 290 g/mol. The van der Waals surface area contributed by atoms with E-state index in [1.165, 1.54) is 0 Å². The van der Waals surface area contributed by atoms with Gasteiger partial charge in [-0.05, 0) is 30.2 Å². The van der Waals surface area contributed by atoms with Gasteiger partial charge in [0.1, 0.15) is 0 Å². The van der Waals surface area contributed by atoms with Crippen LogP contribution >= 0.6 is 12.4 Å². The second-order valence-electron chi connectivity index (χ2n) is 4.84. The van der Waals surface area contributed by atoms with Crippen LogP contribution in [0.15, 0.2) is 36.9 Å². The quantitative estimate of drug-likeness (QED) is 0.702. The minimum Gasteiger partial charge on any atom is -0.349 e. The molecule has 0 saturated carbocycles. The van der Waals surface area contributed by atoms with Gasteiger partial charge in [0.15, 0.2) is 0 Å². The number of rotatable bonds is 6. The molecule has 0 aliphatic rings. The van der Waals surface area contributed by atoms with Gasteiger partial charge in [-0.15, -0.1) is 19.0 Å². The molecule has 1 atom stereocenters. The number of anilines is 1. The average Bonchev–Trinajstić information content (AvgIpc) is 2.44. The number of hydrogen-bond acceptors (Lipinski definition) is 3. The van der Waals surface area contributed by atoms with Crippen LogP contribution in [0.3, 0.4) is 0 Å². The van der Waals surface area contributed by atoms with Gasteiger partial charge in [-0.2, -0.15) is 0 Å². The number of carbonyl (C=O) groups is 2. The number of halogens is 1. The van der Waals surface area contributed by atoms with E-state index in [9.17, 15) is 9.59 Å². The molecule has 6 heteroatoms. The molecule has 0 unspecified atom stereocenters. The van der Waals surface area contributed by atoms with E-state index >= 15 is 0 Å². The predicted molar refractivity (Wildman–Crippen MR) is 87.7 cm³/mol. The van der Waals surface area contributed by atoms with E-state index in [2.05, 4.69) is 17.2 Å². The Morgan fingerprint density at radius 2 is 1.86 bits per heavy atom. The zero-order valence-electron chi connectivity index (χ0n) is 12.3. The summed E-state index contributed by atoms with van der Waals surface area (Å²) >= 11 is 0. The minimum absolute atomic E-state index is 0. The van der Waals surface area contributed by atoms with E-state index in [0.29, 0.717) is 17.8 Å². The highest BCUT2D eigenvalue weighted by molar-refractivity contribution is 5.97. The molecule has 0 aromatic heterocycles. The smallest absolute Gasteiger partial charge is 0.251 e. The topological polar surface area (TPSA) is 84.2 Å². The highest BCUT2D eigenvalue weighted by Gasteiger charge is 2.17. The van der Waals surface area contributed by atoms with Crippen LogP contribution in [-0.4, -0.2) is 24.4 Å². The molecule has 21 heavy (non-hydrogen) atoms. The van der Waals surface area contributed by atoms with Crippen LogP contribution in [0, 0.1) is 5.92 Å². The summed E-state index contributed by atoms with van der Waals surface area (Å²) in [5.74, 6) is -0.343. The van der Waals surface area contributed by atoms with Gasteiger partial charge >= 0.3 is 0 Å². The molecule has 0 heterocycles. The third-order valence-electron chi connectivity index (χ3n) is 2.84. The number of amides is 2. The van der Waals surface area contributed by atoms with Crippen molar-refractivity contribution in [2.24, 2.45) is 11.7 Å². The lowest BCUT2D eigenvalue weighted by Crippen LogP contribution is -2.39. The van der Waals surface area contributed by atoms with Crippen molar-refractivity contribution in [3.05, 3.63) is 42.5 Å². The summed E-state index contributed by atoms with van der Waals surface area (Å²) in [6.07, 6.45) is 1.61. The summed E-state index contributed by atoms with van der Waals surface area (Å²) in [5.41, 5.74) is 6.90. The molecule has 0 fully saturated rings. The maximum Gasteiger partial charge on any atom is 0.251 e. The maximum atomic E-state index is 11.8. The fraction of sp³-hybridized carbons (Fsp3) is 0.333. The SMILES string of the molecule is C=CCNC(=O)c1ccc(NC(=O)[C@@H](N)C(C)C)cc1.Cl. The molecule has 116 valence electrons.